The number of hydrogen-bond donors (Lipinski definition) is 1. The van der Waals surface area contributed by atoms with Crippen molar-refractivity contribution in [2.75, 3.05) is 13.1 Å². The number of hydrogen-bond acceptors (Lipinski definition) is 4. The normalized spacial score (nSPS) is 19.3. The van der Waals surface area contributed by atoms with E-state index in [0.29, 0.717) is 36.0 Å². The molecule has 2 N–H and O–H groups in total. The van der Waals surface area contributed by atoms with Gasteiger partial charge in [0.1, 0.15) is 0 Å². The third-order valence-electron chi connectivity index (χ3n) is 5.82. The Balaban J connectivity index is 1.62. The molecule has 1 fully saturated rings. The molecule has 1 aromatic heterocycles. The molecular weight excluding hydrogens is 418 g/mol. The first-order valence-electron chi connectivity index (χ1n) is 9.96. The summed E-state index contributed by atoms with van der Waals surface area (Å²) in [5.41, 5.74) is 7.10. The number of nitrogens with two attached hydrogens (primary N) is 1. The molecule has 0 aliphatic carbocycles. The van der Waals surface area contributed by atoms with E-state index in [-0.39, 0.29) is 5.91 Å². The minimum absolute atomic E-state index is 0.291. The molecule has 2 aromatic carbocycles. The number of primary amides is 1. The Kier molecular flexibility index (Phi) is 5.77. The van der Waals surface area contributed by atoms with Crippen molar-refractivity contribution in [1.82, 2.24) is 19.2 Å². The lowest BCUT2D eigenvalue weighted by Gasteiger charge is -2.26. The number of nitrogens with zero attached hydrogens (tertiary/aromatic N) is 4. The van der Waals surface area contributed by atoms with Crippen LogP contribution in [0.3, 0.4) is 0 Å². The van der Waals surface area contributed by atoms with Crippen LogP contribution < -0.4 is 5.73 Å². The van der Waals surface area contributed by atoms with Crippen molar-refractivity contribution in [3.05, 3.63) is 70.0 Å². The van der Waals surface area contributed by atoms with Crippen LogP contribution in [0.1, 0.15) is 18.9 Å². The number of carbonyl (C=O) groups is 1. The van der Waals surface area contributed by atoms with Gasteiger partial charge in [0, 0.05) is 30.2 Å². The molecule has 6 nitrogen and oxygen atoms in total. The van der Waals surface area contributed by atoms with Crippen LogP contribution in [0.5, 0.6) is 0 Å². The molecule has 1 atom stereocenters. The van der Waals surface area contributed by atoms with E-state index in [9.17, 15) is 4.79 Å². The molecule has 0 radical (unpaired) electrons. The van der Waals surface area contributed by atoms with E-state index in [1.54, 1.807) is 0 Å². The molecule has 1 aliphatic heterocycles. The van der Waals surface area contributed by atoms with Gasteiger partial charge in [-0.3, -0.25) is 9.69 Å². The number of halogens is 1. The highest BCUT2D eigenvalue weighted by Gasteiger charge is 2.44. The van der Waals surface area contributed by atoms with E-state index in [2.05, 4.69) is 4.90 Å². The van der Waals surface area contributed by atoms with Crippen molar-refractivity contribution in [3.63, 3.8) is 0 Å². The van der Waals surface area contributed by atoms with E-state index in [1.807, 2.05) is 70.8 Å². The van der Waals surface area contributed by atoms with Crippen LogP contribution >= 0.6 is 23.8 Å². The molecule has 3 aromatic rings. The van der Waals surface area contributed by atoms with Gasteiger partial charge in [-0.05, 0) is 55.4 Å². The molecule has 30 heavy (non-hydrogen) atoms. The van der Waals surface area contributed by atoms with Gasteiger partial charge in [0.25, 0.3) is 0 Å². The number of benzene rings is 2. The Hall–Kier alpha value is -2.48. The van der Waals surface area contributed by atoms with Crippen LogP contribution in [-0.4, -0.2) is 38.2 Å². The van der Waals surface area contributed by atoms with Crippen LogP contribution in [0, 0.1) is 4.77 Å². The largest absolute Gasteiger partial charge is 0.369 e. The maximum absolute atomic E-state index is 12.4. The second kappa shape index (κ2) is 8.34. The minimum Gasteiger partial charge on any atom is -0.369 e. The van der Waals surface area contributed by atoms with Crippen molar-refractivity contribution in [2.45, 2.75) is 32.0 Å². The molecule has 2 heterocycles. The minimum atomic E-state index is -0.685. The predicted octanol–water partition coefficient (Wildman–Crippen LogP) is 3.84. The summed E-state index contributed by atoms with van der Waals surface area (Å²) in [6.45, 7) is 4.56. The second-order valence-corrected chi connectivity index (χ2v) is 8.41. The van der Waals surface area contributed by atoms with Crippen LogP contribution in [0.15, 0.2) is 54.6 Å². The summed E-state index contributed by atoms with van der Waals surface area (Å²) in [6.07, 6.45) is 0.679. The molecule has 156 valence electrons. The van der Waals surface area contributed by atoms with Gasteiger partial charge in [0.05, 0.1) is 12.1 Å². The SMILES string of the molecule is CCn1c(-c2ccc(Cl)cc2)nn(CN2CCC(C(N)=O)(c3ccccc3)C2)c1=S. The highest BCUT2D eigenvalue weighted by atomic mass is 35.5. The smallest absolute Gasteiger partial charge is 0.229 e. The van der Waals surface area contributed by atoms with Gasteiger partial charge >= 0.3 is 0 Å². The molecule has 0 saturated carbocycles. The molecule has 0 spiro atoms. The van der Waals surface area contributed by atoms with Crippen LogP contribution in [0.4, 0.5) is 0 Å². The Morgan fingerprint density at radius 1 is 1.20 bits per heavy atom. The highest BCUT2D eigenvalue weighted by molar-refractivity contribution is 7.71. The lowest BCUT2D eigenvalue weighted by Crippen LogP contribution is -2.43. The van der Waals surface area contributed by atoms with Crippen LogP contribution in [0.2, 0.25) is 5.02 Å². The Labute approximate surface area is 185 Å². The monoisotopic (exact) mass is 441 g/mol. The third-order valence-corrected chi connectivity index (χ3v) is 6.50. The number of amides is 1. The zero-order chi connectivity index (χ0) is 21.3. The van der Waals surface area contributed by atoms with Gasteiger partial charge in [-0.15, -0.1) is 0 Å². The summed E-state index contributed by atoms with van der Waals surface area (Å²) < 4.78 is 4.48. The third kappa shape index (κ3) is 3.69. The summed E-state index contributed by atoms with van der Waals surface area (Å²) in [6, 6.07) is 17.4. The van der Waals surface area contributed by atoms with Crippen molar-refractivity contribution in [1.29, 1.82) is 0 Å². The Morgan fingerprint density at radius 2 is 1.90 bits per heavy atom. The fourth-order valence-electron chi connectivity index (χ4n) is 4.17. The van der Waals surface area contributed by atoms with Crippen LogP contribution in [0.25, 0.3) is 11.4 Å². The van der Waals surface area contributed by atoms with Gasteiger partial charge in [0.15, 0.2) is 10.6 Å². The maximum Gasteiger partial charge on any atom is 0.229 e. The zero-order valence-corrected chi connectivity index (χ0v) is 18.4. The number of carbonyl (C=O) groups excluding carboxylic acids is 1. The van der Waals surface area contributed by atoms with E-state index in [0.717, 1.165) is 23.5 Å². The average Bonchev–Trinajstić information content (AvgIpc) is 3.32. The molecular formula is C22H24ClN5OS. The summed E-state index contributed by atoms with van der Waals surface area (Å²) >= 11 is 11.7. The summed E-state index contributed by atoms with van der Waals surface area (Å²) in [5.74, 6) is 0.517. The first-order valence-corrected chi connectivity index (χ1v) is 10.7. The number of rotatable bonds is 6. The van der Waals surface area contributed by atoms with Crippen molar-refractivity contribution < 1.29 is 4.79 Å². The lowest BCUT2D eigenvalue weighted by atomic mass is 9.79. The van der Waals surface area contributed by atoms with Crippen LogP contribution in [-0.2, 0) is 23.4 Å². The van der Waals surface area contributed by atoms with E-state index in [4.69, 9.17) is 34.7 Å². The fraction of sp³-hybridized carbons (Fsp3) is 0.318. The molecule has 8 heteroatoms. The van der Waals surface area contributed by atoms with E-state index in [1.165, 1.54) is 0 Å². The summed E-state index contributed by atoms with van der Waals surface area (Å²) in [5, 5.41) is 5.46. The predicted molar refractivity (Wildman–Crippen MR) is 121 cm³/mol. The summed E-state index contributed by atoms with van der Waals surface area (Å²) in [4.78, 5) is 14.6. The Morgan fingerprint density at radius 3 is 2.53 bits per heavy atom. The standard InChI is InChI=1S/C22H24ClN5OS/c1-2-27-19(16-8-10-18(23)11-9-16)25-28(21(27)30)15-26-13-12-22(14-26,20(24)29)17-6-4-3-5-7-17/h3-11H,2,12-15H2,1H3,(H2,24,29). The number of aromatic nitrogens is 3. The first kappa shape index (κ1) is 20.8. The van der Waals surface area contributed by atoms with Crippen molar-refractivity contribution in [3.8, 4) is 11.4 Å². The molecule has 4 rings (SSSR count). The quantitative estimate of drug-likeness (QED) is 0.590. The van der Waals surface area contributed by atoms with E-state index < -0.39 is 5.41 Å². The number of likely N-dealkylation sites (tertiary alicyclic amines) is 1. The topological polar surface area (TPSA) is 69.1 Å². The fourth-order valence-corrected chi connectivity index (χ4v) is 4.61. The van der Waals surface area contributed by atoms with Gasteiger partial charge in [-0.1, -0.05) is 41.9 Å². The molecule has 1 amide bonds. The summed E-state index contributed by atoms with van der Waals surface area (Å²) in [7, 11) is 0. The van der Waals surface area contributed by atoms with Crippen molar-refractivity contribution in [2.24, 2.45) is 5.73 Å². The lowest BCUT2D eigenvalue weighted by molar-refractivity contribution is -0.123. The van der Waals surface area contributed by atoms with Gasteiger partial charge in [-0.2, -0.15) is 5.10 Å². The van der Waals surface area contributed by atoms with Gasteiger partial charge in [0.2, 0.25) is 5.91 Å². The molecule has 1 unspecified atom stereocenters. The molecule has 0 bridgehead atoms. The molecule has 1 saturated heterocycles. The van der Waals surface area contributed by atoms with Gasteiger partial charge < -0.3 is 10.3 Å². The highest BCUT2D eigenvalue weighted by Crippen LogP contribution is 2.34. The first-order chi connectivity index (χ1) is 14.4. The molecule has 1 aliphatic rings. The average molecular weight is 442 g/mol. The van der Waals surface area contributed by atoms with Gasteiger partial charge in [-0.25, -0.2) is 4.68 Å². The second-order valence-electron chi connectivity index (χ2n) is 7.61. The Bertz CT molecular complexity index is 1110. The van der Waals surface area contributed by atoms with E-state index >= 15 is 0 Å². The zero-order valence-electron chi connectivity index (χ0n) is 16.8. The maximum atomic E-state index is 12.4. The van der Waals surface area contributed by atoms with Crippen molar-refractivity contribution >= 4 is 29.7 Å².